The highest BCUT2D eigenvalue weighted by Gasteiger charge is 2.18. The Labute approximate surface area is 177 Å². The maximum atomic E-state index is 6.10. The Bertz CT molecular complexity index is 777. The van der Waals surface area contributed by atoms with Crippen molar-refractivity contribution in [2.24, 2.45) is 10.7 Å². The number of nitrogens with one attached hydrogen (secondary N) is 1. The lowest BCUT2D eigenvalue weighted by atomic mass is 10.1. The van der Waals surface area contributed by atoms with E-state index in [1.807, 2.05) is 43.3 Å². The van der Waals surface area contributed by atoms with Gasteiger partial charge in [-0.15, -0.1) is 24.0 Å². The first-order chi connectivity index (χ1) is 12.6. The van der Waals surface area contributed by atoms with Crippen LogP contribution in [0.1, 0.15) is 17.5 Å². The van der Waals surface area contributed by atoms with Gasteiger partial charge < -0.3 is 25.3 Å². The van der Waals surface area contributed by atoms with E-state index in [-0.39, 0.29) is 30.1 Å². The Kier molecular flexibility index (Phi) is 8.18. The SMILES string of the molecule is COc1cccc(NC(N)=NCc2ccc(C)cc2OC2CCOC2)c1.I. The molecule has 7 heteroatoms. The van der Waals surface area contributed by atoms with Gasteiger partial charge in [0.1, 0.15) is 17.6 Å². The summed E-state index contributed by atoms with van der Waals surface area (Å²) in [6.07, 6.45) is 1.02. The van der Waals surface area contributed by atoms with Crippen molar-refractivity contribution in [3.8, 4) is 11.5 Å². The van der Waals surface area contributed by atoms with Gasteiger partial charge in [-0.25, -0.2) is 4.99 Å². The maximum Gasteiger partial charge on any atom is 0.193 e. The van der Waals surface area contributed by atoms with Crippen molar-refractivity contribution in [2.45, 2.75) is 26.0 Å². The highest BCUT2D eigenvalue weighted by atomic mass is 127. The second-order valence-corrected chi connectivity index (χ2v) is 6.27. The summed E-state index contributed by atoms with van der Waals surface area (Å²) in [5.41, 5.74) is 9.00. The van der Waals surface area contributed by atoms with E-state index in [0.717, 1.165) is 41.3 Å². The number of hydrogen-bond acceptors (Lipinski definition) is 4. The number of anilines is 1. The molecule has 1 saturated heterocycles. The molecule has 2 aromatic carbocycles. The highest BCUT2D eigenvalue weighted by molar-refractivity contribution is 14.0. The van der Waals surface area contributed by atoms with Crippen LogP contribution in [-0.4, -0.2) is 32.4 Å². The quantitative estimate of drug-likeness (QED) is 0.372. The molecule has 0 aromatic heterocycles. The summed E-state index contributed by atoms with van der Waals surface area (Å²) in [7, 11) is 1.63. The van der Waals surface area contributed by atoms with Gasteiger partial charge in [0.15, 0.2) is 5.96 Å². The molecule has 1 fully saturated rings. The zero-order chi connectivity index (χ0) is 18.4. The van der Waals surface area contributed by atoms with Gasteiger partial charge in [-0.1, -0.05) is 18.2 Å². The number of methoxy groups -OCH3 is 1. The molecule has 1 aliphatic heterocycles. The Morgan fingerprint density at radius 2 is 2.15 bits per heavy atom. The lowest BCUT2D eigenvalue weighted by molar-refractivity contribution is 0.140. The van der Waals surface area contributed by atoms with Crippen molar-refractivity contribution in [1.82, 2.24) is 0 Å². The molecular weight excluding hydrogens is 457 g/mol. The summed E-state index contributed by atoms with van der Waals surface area (Å²) in [4.78, 5) is 4.44. The molecular formula is C20H26IN3O3. The third-order valence-corrected chi connectivity index (χ3v) is 4.17. The first-order valence-corrected chi connectivity index (χ1v) is 8.69. The van der Waals surface area contributed by atoms with Gasteiger partial charge in [0.25, 0.3) is 0 Å². The Morgan fingerprint density at radius 3 is 2.89 bits per heavy atom. The molecule has 0 radical (unpaired) electrons. The van der Waals surface area contributed by atoms with Crippen molar-refractivity contribution >= 4 is 35.6 Å². The van der Waals surface area contributed by atoms with Crippen LogP contribution in [0.5, 0.6) is 11.5 Å². The van der Waals surface area contributed by atoms with Crippen LogP contribution in [0, 0.1) is 6.92 Å². The molecule has 1 heterocycles. The number of halogens is 1. The van der Waals surface area contributed by atoms with Crippen molar-refractivity contribution in [3.63, 3.8) is 0 Å². The molecule has 2 aromatic rings. The highest BCUT2D eigenvalue weighted by Crippen LogP contribution is 2.24. The van der Waals surface area contributed by atoms with Crippen molar-refractivity contribution in [1.29, 1.82) is 0 Å². The molecule has 1 unspecified atom stereocenters. The number of rotatable bonds is 6. The lowest BCUT2D eigenvalue weighted by Crippen LogP contribution is -2.22. The predicted molar refractivity (Wildman–Crippen MR) is 118 cm³/mol. The second-order valence-electron chi connectivity index (χ2n) is 6.27. The van der Waals surface area contributed by atoms with Gasteiger partial charge in [-0.3, -0.25) is 0 Å². The smallest absolute Gasteiger partial charge is 0.193 e. The fourth-order valence-electron chi connectivity index (χ4n) is 2.75. The molecule has 3 N–H and O–H groups in total. The van der Waals surface area contributed by atoms with Gasteiger partial charge in [-0.2, -0.15) is 0 Å². The van der Waals surface area contributed by atoms with Crippen LogP contribution in [-0.2, 0) is 11.3 Å². The van der Waals surface area contributed by atoms with Crippen LogP contribution >= 0.6 is 24.0 Å². The Balaban J connectivity index is 0.00000261. The van der Waals surface area contributed by atoms with E-state index in [4.69, 9.17) is 19.9 Å². The van der Waals surface area contributed by atoms with Gasteiger partial charge in [0.2, 0.25) is 0 Å². The Morgan fingerprint density at radius 1 is 1.30 bits per heavy atom. The van der Waals surface area contributed by atoms with Crippen molar-refractivity contribution < 1.29 is 14.2 Å². The second kappa shape index (κ2) is 10.4. The minimum atomic E-state index is 0. The number of hydrogen-bond donors (Lipinski definition) is 2. The number of ether oxygens (including phenoxy) is 3. The van der Waals surface area contributed by atoms with Crippen molar-refractivity contribution in [3.05, 3.63) is 53.6 Å². The zero-order valence-corrected chi connectivity index (χ0v) is 17.9. The van der Waals surface area contributed by atoms with Crippen LogP contribution in [0.2, 0.25) is 0 Å². The van der Waals surface area contributed by atoms with Gasteiger partial charge in [0, 0.05) is 23.7 Å². The summed E-state index contributed by atoms with van der Waals surface area (Å²) < 4.78 is 16.7. The standard InChI is InChI=1S/C20H25N3O3.HI/c1-14-6-7-15(19(10-14)26-18-8-9-25-13-18)12-22-20(21)23-16-4-3-5-17(11-16)24-2;/h3-7,10-11,18H,8-9,12-13H2,1-2H3,(H3,21,22,23);1H. The van der Waals surface area contributed by atoms with Crippen LogP contribution in [0.4, 0.5) is 5.69 Å². The van der Waals surface area contributed by atoms with E-state index in [1.54, 1.807) is 7.11 Å². The summed E-state index contributed by atoms with van der Waals surface area (Å²) in [6, 6.07) is 13.7. The van der Waals surface area contributed by atoms with E-state index >= 15 is 0 Å². The molecule has 1 aliphatic rings. The van der Waals surface area contributed by atoms with Crippen LogP contribution in [0.25, 0.3) is 0 Å². The molecule has 0 amide bonds. The van der Waals surface area contributed by atoms with Gasteiger partial charge in [-0.05, 0) is 30.7 Å². The zero-order valence-electron chi connectivity index (χ0n) is 15.6. The average Bonchev–Trinajstić information content (AvgIpc) is 3.14. The van der Waals surface area contributed by atoms with Gasteiger partial charge in [0.05, 0.1) is 26.9 Å². The molecule has 3 rings (SSSR count). The van der Waals surface area contributed by atoms with Crippen LogP contribution in [0.3, 0.4) is 0 Å². The van der Waals surface area contributed by atoms with E-state index < -0.39 is 0 Å². The maximum absolute atomic E-state index is 6.10. The number of aliphatic imine (C=N–C) groups is 1. The van der Waals surface area contributed by atoms with E-state index in [0.29, 0.717) is 19.1 Å². The number of benzene rings is 2. The van der Waals surface area contributed by atoms with Crippen molar-refractivity contribution in [2.75, 3.05) is 25.6 Å². The minimum absolute atomic E-state index is 0. The third kappa shape index (κ3) is 6.28. The summed E-state index contributed by atoms with van der Waals surface area (Å²) >= 11 is 0. The number of guanidine groups is 1. The number of nitrogens with zero attached hydrogens (tertiary/aromatic N) is 1. The van der Waals surface area contributed by atoms with Crippen LogP contribution < -0.4 is 20.5 Å². The third-order valence-electron chi connectivity index (χ3n) is 4.17. The molecule has 0 bridgehead atoms. The topological polar surface area (TPSA) is 78.1 Å². The van der Waals surface area contributed by atoms with Gasteiger partial charge >= 0.3 is 0 Å². The summed E-state index contributed by atoms with van der Waals surface area (Å²) in [6.45, 7) is 3.87. The molecule has 6 nitrogen and oxygen atoms in total. The molecule has 27 heavy (non-hydrogen) atoms. The van der Waals surface area contributed by atoms with E-state index in [9.17, 15) is 0 Å². The van der Waals surface area contributed by atoms with Crippen LogP contribution in [0.15, 0.2) is 47.5 Å². The molecule has 146 valence electrons. The van der Waals surface area contributed by atoms with E-state index in [1.165, 1.54) is 0 Å². The largest absolute Gasteiger partial charge is 0.497 e. The Hall–Kier alpha value is -2.00. The molecule has 1 atom stereocenters. The lowest BCUT2D eigenvalue weighted by Gasteiger charge is -2.16. The monoisotopic (exact) mass is 483 g/mol. The number of nitrogens with two attached hydrogens (primary N) is 1. The summed E-state index contributed by atoms with van der Waals surface area (Å²) in [5, 5.41) is 3.08. The first kappa shape index (κ1) is 21.3. The first-order valence-electron chi connectivity index (χ1n) is 8.69. The fourth-order valence-corrected chi connectivity index (χ4v) is 2.75. The number of aryl methyl sites for hydroxylation is 1. The molecule has 0 aliphatic carbocycles. The molecule has 0 spiro atoms. The summed E-state index contributed by atoms with van der Waals surface area (Å²) in [5.74, 6) is 1.95. The van der Waals surface area contributed by atoms with E-state index in [2.05, 4.69) is 16.4 Å². The normalized spacial score (nSPS) is 16.5. The average molecular weight is 483 g/mol. The fraction of sp³-hybridized carbons (Fsp3) is 0.350. The predicted octanol–water partition coefficient (Wildman–Crippen LogP) is 3.72. The molecule has 0 saturated carbocycles. The minimum Gasteiger partial charge on any atom is -0.497 e.